The van der Waals surface area contributed by atoms with Crippen LogP contribution >= 0.6 is 27.7 Å². The van der Waals surface area contributed by atoms with E-state index in [1.807, 2.05) is 18.2 Å². The molecule has 0 saturated heterocycles. The highest BCUT2D eigenvalue weighted by molar-refractivity contribution is 9.10. The summed E-state index contributed by atoms with van der Waals surface area (Å²) in [4.78, 5) is 0. The van der Waals surface area contributed by atoms with Gasteiger partial charge in [0.1, 0.15) is 0 Å². The predicted molar refractivity (Wildman–Crippen MR) is 73.2 cm³/mol. The van der Waals surface area contributed by atoms with Crippen LogP contribution in [0.2, 0.25) is 0 Å². The van der Waals surface area contributed by atoms with E-state index in [0.29, 0.717) is 0 Å². The van der Waals surface area contributed by atoms with Crippen molar-refractivity contribution in [3.05, 3.63) is 22.7 Å². The standard InChI is InChI=1S/C11H13BrN2S/c1-2-6-15-7-5-14-11-8-9(12)3-4-10(11)13/h1,3-4,8,14H,5-7,13H2. The molecular formula is C11H13BrN2S. The Morgan fingerprint density at radius 1 is 1.53 bits per heavy atom. The average molecular weight is 285 g/mol. The van der Waals surface area contributed by atoms with E-state index in [-0.39, 0.29) is 0 Å². The van der Waals surface area contributed by atoms with E-state index in [0.717, 1.165) is 33.9 Å². The van der Waals surface area contributed by atoms with Gasteiger partial charge in [-0.1, -0.05) is 21.9 Å². The summed E-state index contributed by atoms with van der Waals surface area (Å²) in [6.45, 7) is 0.868. The van der Waals surface area contributed by atoms with E-state index < -0.39 is 0 Å². The van der Waals surface area contributed by atoms with E-state index in [9.17, 15) is 0 Å². The Morgan fingerprint density at radius 3 is 3.07 bits per heavy atom. The minimum Gasteiger partial charge on any atom is -0.397 e. The highest BCUT2D eigenvalue weighted by Crippen LogP contribution is 2.23. The molecule has 0 fully saturated rings. The third-order valence-corrected chi connectivity index (χ3v) is 3.12. The molecule has 0 bridgehead atoms. The zero-order valence-electron chi connectivity index (χ0n) is 8.29. The third kappa shape index (κ3) is 4.50. The summed E-state index contributed by atoms with van der Waals surface area (Å²) < 4.78 is 1.02. The maximum Gasteiger partial charge on any atom is 0.0585 e. The molecule has 0 aliphatic carbocycles. The lowest BCUT2D eigenvalue weighted by Crippen LogP contribution is -2.06. The summed E-state index contributed by atoms with van der Waals surface area (Å²) >= 11 is 5.13. The Morgan fingerprint density at radius 2 is 2.33 bits per heavy atom. The first-order valence-corrected chi connectivity index (χ1v) is 6.49. The summed E-state index contributed by atoms with van der Waals surface area (Å²) in [5.74, 6) is 4.33. The molecule has 0 aliphatic heterocycles. The first-order valence-electron chi connectivity index (χ1n) is 4.54. The maximum atomic E-state index is 5.81. The normalized spacial score (nSPS) is 9.60. The SMILES string of the molecule is C#CCSCCNc1cc(Br)ccc1N. The molecule has 80 valence electrons. The number of hydrogen-bond acceptors (Lipinski definition) is 3. The second-order valence-corrected chi connectivity index (χ2v) is 4.94. The van der Waals surface area contributed by atoms with Gasteiger partial charge in [-0.3, -0.25) is 0 Å². The van der Waals surface area contributed by atoms with Gasteiger partial charge in [0.2, 0.25) is 0 Å². The Kier molecular flexibility index (Phi) is 5.44. The fourth-order valence-corrected chi connectivity index (χ4v) is 1.94. The van der Waals surface area contributed by atoms with Gasteiger partial charge in [-0.05, 0) is 18.2 Å². The fourth-order valence-electron chi connectivity index (χ4n) is 1.07. The molecule has 15 heavy (non-hydrogen) atoms. The van der Waals surface area contributed by atoms with Crippen LogP contribution < -0.4 is 11.1 Å². The largest absolute Gasteiger partial charge is 0.397 e. The van der Waals surface area contributed by atoms with E-state index in [2.05, 4.69) is 27.2 Å². The number of rotatable bonds is 5. The van der Waals surface area contributed by atoms with Crippen LogP contribution in [0.25, 0.3) is 0 Å². The summed E-state index contributed by atoms with van der Waals surface area (Å²) in [6.07, 6.45) is 5.15. The van der Waals surface area contributed by atoms with Gasteiger partial charge in [-0.15, -0.1) is 18.2 Å². The smallest absolute Gasteiger partial charge is 0.0585 e. The number of terminal acetylenes is 1. The van der Waals surface area contributed by atoms with Crippen molar-refractivity contribution >= 4 is 39.1 Å². The van der Waals surface area contributed by atoms with Crippen LogP contribution in [0, 0.1) is 12.3 Å². The molecule has 0 amide bonds. The predicted octanol–water partition coefficient (Wildman–Crippen LogP) is 2.81. The van der Waals surface area contributed by atoms with Crippen LogP contribution in [-0.2, 0) is 0 Å². The molecule has 3 N–H and O–H groups in total. The van der Waals surface area contributed by atoms with Crippen LogP contribution in [0.4, 0.5) is 11.4 Å². The monoisotopic (exact) mass is 284 g/mol. The van der Waals surface area contributed by atoms with Crippen LogP contribution in [0.3, 0.4) is 0 Å². The zero-order chi connectivity index (χ0) is 11.1. The number of benzene rings is 1. The topological polar surface area (TPSA) is 38.0 Å². The number of nitrogen functional groups attached to an aromatic ring is 1. The number of anilines is 2. The lowest BCUT2D eigenvalue weighted by Gasteiger charge is -2.08. The van der Waals surface area contributed by atoms with Gasteiger partial charge in [0, 0.05) is 16.8 Å². The van der Waals surface area contributed by atoms with Crippen molar-refractivity contribution in [2.75, 3.05) is 29.1 Å². The summed E-state index contributed by atoms with van der Waals surface area (Å²) in [6, 6.07) is 5.77. The molecule has 4 heteroatoms. The molecule has 0 atom stereocenters. The van der Waals surface area contributed by atoms with Crippen LogP contribution in [0.5, 0.6) is 0 Å². The van der Waals surface area contributed by atoms with Crippen molar-refractivity contribution in [2.45, 2.75) is 0 Å². The molecule has 1 aromatic rings. The van der Waals surface area contributed by atoms with E-state index in [1.165, 1.54) is 0 Å². The first-order chi connectivity index (χ1) is 7.24. The molecular weight excluding hydrogens is 272 g/mol. The number of nitrogens with two attached hydrogens (primary N) is 1. The van der Waals surface area contributed by atoms with Crippen LogP contribution in [0.15, 0.2) is 22.7 Å². The highest BCUT2D eigenvalue weighted by atomic mass is 79.9. The number of hydrogen-bond donors (Lipinski definition) is 2. The van der Waals surface area contributed by atoms with Gasteiger partial charge in [0.15, 0.2) is 0 Å². The Hall–Kier alpha value is -0.790. The zero-order valence-corrected chi connectivity index (χ0v) is 10.7. The number of nitrogens with one attached hydrogen (secondary N) is 1. The molecule has 1 aromatic carbocycles. The van der Waals surface area contributed by atoms with Crippen LogP contribution in [0.1, 0.15) is 0 Å². The van der Waals surface area contributed by atoms with Gasteiger partial charge in [0.25, 0.3) is 0 Å². The summed E-state index contributed by atoms with van der Waals surface area (Å²) in [5, 5.41) is 3.27. The van der Waals surface area contributed by atoms with Crippen LogP contribution in [-0.4, -0.2) is 18.1 Å². The molecule has 0 aliphatic rings. The van der Waals surface area contributed by atoms with Gasteiger partial charge in [-0.2, -0.15) is 0 Å². The molecule has 0 spiro atoms. The quantitative estimate of drug-likeness (QED) is 0.496. The second kappa shape index (κ2) is 6.65. The van der Waals surface area contributed by atoms with Gasteiger partial charge in [0.05, 0.1) is 17.1 Å². The Bertz CT molecular complexity index is 360. The van der Waals surface area contributed by atoms with E-state index >= 15 is 0 Å². The van der Waals surface area contributed by atoms with Crippen molar-refractivity contribution in [1.29, 1.82) is 0 Å². The summed E-state index contributed by atoms with van der Waals surface area (Å²) in [7, 11) is 0. The molecule has 2 nitrogen and oxygen atoms in total. The third-order valence-electron chi connectivity index (χ3n) is 1.76. The van der Waals surface area contributed by atoms with Crippen molar-refractivity contribution in [1.82, 2.24) is 0 Å². The van der Waals surface area contributed by atoms with Crippen molar-refractivity contribution in [3.8, 4) is 12.3 Å². The molecule has 0 unspecified atom stereocenters. The summed E-state index contributed by atoms with van der Waals surface area (Å²) in [5.41, 5.74) is 7.54. The highest BCUT2D eigenvalue weighted by Gasteiger charge is 1.98. The average Bonchev–Trinajstić information content (AvgIpc) is 2.23. The Balaban J connectivity index is 2.37. The van der Waals surface area contributed by atoms with Gasteiger partial charge >= 0.3 is 0 Å². The van der Waals surface area contributed by atoms with Crippen molar-refractivity contribution in [3.63, 3.8) is 0 Å². The van der Waals surface area contributed by atoms with Crippen molar-refractivity contribution < 1.29 is 0 Å². The van der Waals surface area contributed by atoms with Gasteiger partial charge in [-0.25, -0.2) is 0 Å². The molecule has 0 aromatic heterocycles. The van der Waals surface area contributed by atoms with Gasteiger partial charge < -0.3 is 11.1 Å². The van der Waals surface area contributed by atoms with Crippen molar-refractivity contribution in [2.24, 2.45) is 0 Å². The van der Waals surface area contributed by atoms with E-state index in [1.54, 1.807) is 11.8 Å². The second-order valence-electron chi connectivity index (χ2n) is 2.92. The minimum atomic E-state index is 0.760. The first kappa shape index (κ1) is 12.3. The lowest BCUT2D eigenvalue weighted by atomic mass is 10.3. The lowest BCUT2D eigenvalue weighted by molar-refractivity contribution is 1.23. The fraction of sp³-hybridized carbons (Fsp3) is 0.273. The molecule has 0 radical (unpaired) electrons. The molecule has 0 heterocycles. The Labute approximate surface area is 103 Å². The van der Waals surface area contributed by atoms with E-state index in [4.69, 9.17) is 12.2 Å². The maximum absolute atomic E-state index is 5.81. The molecule has 0 saturated carbocycles. The molecule has 1 rings (SSSR count). The number of thioether (sulfide) groups is 1. The number of halogens is 1. The minimum absolute atomic E-state index is 0.760.